The van der Waals surface area contributed by atoms with Crippen LogP contribution in [0.4, 0.5) is 0 Å². The lowest BCUT2D eigenvalue weighted by Crippen LogP contribution is -2.51. The Balaban J connectivity index is 1.48. The van der Waals surface area contributed by atoms with E-state index in [9.17, 15) is 0 Å². The van der Waals surface area contributed by atoms with Gasteiger partial charge in [0.1, 0.15) is 12.4 Å². The maximum Gasteiger partial charge on any atom is 0.191 e. The molecule has 2 unspecified atom stereocenters. The van der Waals surface area contributed by atoms with Crippen LogP contribution >= 0.6 is 0 Å². The van der Waals surface area contributed by atoms with Crippen molar-refractivity contribution in [2.45, 2.75) is 38.1 Å². The average molecular weight is 351 g/mol. The number of rotatable bonds is 5. The molecular weight excluding hydrogens is 322 g/mol. The van der Waals surface area contributed by atoms with Gasteiger partial charge in [-0.2, -0.15) is 5.10 Å². The summed E-state index contributed by atoms with van der Waals surface area (Å²) in [6.45, 7) is 4.72. The summed E-state index contributed by atoms with van der Waals surface area (Å²) in [6.07, 6.45) is 2.11. The monoisotopic (exact) mass is 351 g/mol. The van der Waals surface area contributed by atoms with E-state index in [0.717, 1.165) is 63.2 Å². The molecule has 1 aromatic rings. The minimum atomic E-state index is 0.196. The molecule has 1 fully saturated rings. The predicted octanol–water partition coefficient (Wildman–Crippen LogP) is -0.765. The number of aliphatic imine (C=N–C) groups is 1. The molecule has 1 aromatic heterocycles. The molecular formula is C16H29N7O2. The van der Waals surface area contributed by atoms with Gasteiger partial charge in [0.15, 0.2) is 11.8 Å². The van der Waals surface area contributed by atoms with E-state index in [0.29, 0.717) is 6.61 Å². The van der Waals surface area contributed by atoms with E-state index >= 15 is 0 Å². The number of hydrogen-bond acceptors (Lipinski definition) is 6. The molecule has 3 rings (SSSR count). The molecule has 0 aromatic carbocycles. The Labute approximate surface area is 148 Å². The first kappa shape index (κ1) is 18.1. The van der Waals surface area contributed by atoms with Gasteiger partial charge in [-0.25, -0.2) is 9.67 Å². The van der Waals surface area contributed by atoms with Crippen molar-refractivity contribution in [1.82, 2.24) is 30.3 Å². The van der Waals surface area contributed by atoms with Crippen LogP contribution in [-0.4, -0.2) is 85.2 Å². The Kier molecular flexibility index (Phi) is 6.22. The number of methoxy groups -OCH3 is 1. The smallest absolute Gasteiger partial charge is 0.191 e. The standard InChI is InChI=1S/C16H29N7O2/c1-17-16(18-8-13-10-22(2)6-7-25-13)19-12-4-5-15-20-14(11-24-3)21-23(15)9-12/h12-13H,4-11H2,1-3H3,(H2,17,18,19). The Morgan fingerprint density at radius 1 is 1.44 bits per heavy atom. The third-order valence-electron chi connectivity index (χ3n) is 4.58. The molecule has 0 bridgehead atoms. The van der Waals surface area contributed by atoms with E-state index in [2.05, 4.69) is 37.7 Å². The summed E-state index contributed by atoms with van der Waals surface area (Å²) in [7, 11) is 5.58. The van der Waals surface area contributed by atoms with Gasteiger partial charge in [0.2, 0.25) is 0 Å². The maximum absolute atomic E-state index is 5.78. The van der Waals surface area contributed by atoms with Gasteiger partial charge in [0.25, 0.3) is 0 Å². The highest BCUT2D eigenvalue weighted by atomic mass is 16.5. The molecule has 2 aliphatic heterocycles. The van der Waals surface area contributed by atoms with Gasteiger partial charge in [-0.3, -0.25) is 4.99 Å². The molecule has 9 nitrogen and oxygen atoms in total. The van der Waals surface area contributed by atoms with Crippen LogP contribution in [0.3, 0.4) is 0 Å². The first-order chi connectivity index (χ1) is 12.2. The first-order valence-electron chi connectivity index (χ1n) is 8.86. The summed E-state index contributed by atoms with van der Waals surface area (Å²) >= 11 is 0. The molecule has 0 radical (unpaired) electrons. The zero-order valence-electron chi connectivity index (χ0n) is 15.4. The topological polar surface area (TPSA) is 88.8 Å². The molecule has 140 valence electrons. The molecule has 1 saturated heterocycles. The van der Waals surface area contributed by atoms with Crippen molar-refractivity contribution in [3.8, 4) is 0 Å². The van der Waals surface area contributed by atoms with Crippen molar-refractivity contribution < 1.29 is 9.47 Å². The van der Waals surface area contributed by atoms with Crippen LogP contribution in [0.5, 0.6) is 0 Å². The van der Waals surface area contributed by atoms with Crippen molar-refractivity contribution in [2.75, 3.05) is 47.4 Å². The fraction of sp³-hybridized carbons (Fsp3) is 0.812. The molecule has 0 amide bonds. The number of likely N-dealkylation sites (N-methyl/N-ethyl adjacent to an activating group) is 1. The highest BCUT2D eigenvalue weighted by Gasteiger charge is 2.23. The molecule has 0 spiro atoms. The van der Waals surface area contributed by atoms with Crippen LogP contribution in [0, 0.1) is 0 Å². The number of hydrogen-bond donors (Lipinski definition) is 2. The number of aryl methyl sites for hydroxylation is 1. The lowest BCUT2D eigenvalue weighted by Gasteiger charge is -2.31. The van der Waals surface area contributed by atoms with Crippen LogP contribution in [0.1, 0.15) is 18.1 Å². The lowest BCUT2D eigenvalue weighted by molar-refractivity contribution is -0.0161. The fourth-order valence-corrected chi connectivity index (χ4v) is 3.26. The number of nitrogens with zero attached hydrogens (tertiary/aromatic N) is 5. The molecule has 9 heteroatoms. The van der Waals surface area contributed by atoms with E-state index < -0.39 is 0 Å². The van der Waals surface area contributed by atoms with Gasteiger partial charge < -0.3 is 25.0 Å². The van der Waals surface area contributed by atoms with Crippen LogP contribution in [-0.2, 0) is 29.0 Å². The van der Waals surface area contributed by atoms with Crippen molar-refractivity contribution in [3.63, 3.8) is 0 Å². The zero-order chi connectivity index (χ0) is 17.6. The van der Waals surface area contributed by atoms with Crippen LogP contribution in [0.2, 0.25) is 0 Å². The number of nitrogens with one attached hydrogen (secondary N) is 2. The quantitative estimate of drug-likeness (QED) is 0.532. The van der Waals surface area contributed by atoms with Gasteiger partial charge >= 0.3 is 0 Å². The zero-order valence-corrected chi connectivity index (χ0v) is 15.4. The predicted molar refractivity (Wildman–Crippen MR) is 94.6 cm³/mol. The van der Waals surface area contributed by atoms with Crippen molar-refractivity contribution in [2.24, 2.45) is 4.99 Å². The highest BCUT2D eigenvalue weighted by molar-refractivity contribution is 5.80. The lowest BCUT2D eigenvalue weighted by atomic mass is 10.1. The number of fused-ring (bicyclic) bond motifs is 1. The van der Waals surface area contributed by atoms with Gasteiger partial charge in [-0.05, 0) is 13.5 Å². The Bertz CT molecular complexity index is 589. The van der Waals surface area contributed by atoms with Gasteiger partial charge in [-0.15, -0.1) is 0 Å². The normalized spacial score (nSPS) is 24.8. The largest absolute Gasteiger partial charge is 0.377 e. The maximum atomic E-state index is 5.78. The molecule has 25 heavy (non-hydrogen) atoms. The van der Waals surface area contributed by atoms with Crippen molar-refractivity contribution in [3.05, 3.63) is 11.6 Å². The van der Waals surface area contributed by atoms with Gasteiger partial charge in [0.05, 0.1) is 19.3 Å². The van der Waals surface area contributed by atoms with Crippen LogP contribution < -0.4 is 10.6 Å². The number of aromatic nitrogens is 3. The number of ether oxygens (including phenoxy) is 2. The second kappa shape index (κ2) is 8.59. The van der Waals surface area contributed by atoms with E-state index in [1.54, 1.807) is 14.2 Å². The van der Waals surface area contributed by atoms with Gasteiger partial charge in [0, 0.05) is 46.3 Å². The third kappa shape index (κ3) is 4.90. The molecule has 0 saturated carbocycles. The van der Waals surface area contributed by atoms with Crippen LogP contribution in [0.25, 0.3) is 0 Å². The van der Waals surface area contributed by atoms with E-state index in [1.807, 2.05) is 4.68 Å². The average Bonchev–Trinajstić information content (AvgIpc) is 3.00. The van der Waals surface area contributed by atoms with Crippen molar-refractivity contribution in [1.29, 1.82) is 0 Å². The molecule has 2 N–H and O–H groups in total. The summed E-state index contributed by atoms with van der Waals surface area (Å²) in [5, 5.41) is 11.4. The third-order valence-corrected chi connectivity index (χ3v) is 4.58. The Morgan fingerprint density at radius 2 is 2.32 bits per heavy atom. The highest BCUT2D eigenvalue weighted by Crippen LogP contribution is 2.13. The SMILES string of the molecule is CN=C(NCC1CN(C)CCO1)NC1CCc2nc(COC)nn2C1. The molecule has 0 aliphatic carbocycles. The molecule has 2 aliphatic rings. The minimum absolute atomic E-state index is 0.196. The second-order valence-corrected chi connectivity index (χ2v) is 6.65. The summed E-state index contributed by atoms with van der Waals surface area (Å²) in [6, 6.07) is 0.283. The Morgan fingerprint density at radius 3 is 3.08 bits per heavy atom. The summed E-state index contributed by atoms with van der Waals surface area (Å²) in [4.78, 5) is 11.1. The van der Waals surface area contributed by atoms with Gasteiger partial charge in [-0.1, -0.05) is 0 Å². The summed E-state index contributed by atoms with van der Waals surface area (Å²) in [5.74, 6) is 2.59. The Hall–Kier alpha value is -1.71. The first-order valence-corrected chi connectivity index (χ1v) is 8.86. The number of morpholine rings is 1. The summed E-state index contributed by atoms with van der Waals surface area (Å²) in [5.41, 5.74) is 0. The molecule has 3 heterocycles. The fourth-order valence-electron chi connectivity index (χ4n) is 3.26. The van der Waals surface area contributed by atoms with E-state index in [4.69, 9.17) is 9.47 Å². The summed E-state index contributed by atoms with van der Waals surface area (Å²) < 4.78 is 12.9. The minimum Gasteiger partial charge on any atom is -0.377 e. The number of guanidine groups is 1. The van der Waals surface area contributed by atoms with Crippen LogP contribution in [0.15, 0.2) is 4.99 Å². The van der Waals surface area contributed by atoms with E-state index in [-0.39, 0.29) is 12.1 Å². The molecule has 2 atom stereocenters. The van der Waals surface area contributed by atoms with Crippen molar-refractivity contribution >= 4 is 5.96 Å². The van der Waals surface area contributed by atoms with E-state index in [1.165, 1.54) is 0 Å². The second-order valence-electron chi connectivity index (χ2n) is 6.65.